The summed E-state index contributed by atoms with van der Waals surface area (Å²) >= 11 is 0. The quantitative estimate of drug-likeness (QED) is 0.738. The first kappa shape index (κ1) is 12.7. The Balaban J connectivity index is 2.45. The van der Waals surface area contributed by atoms with Crippen molar-refractivity contribution in [2.45, 2.75) is 0 Å². The summed E-state index contributed by atoms with van der Waals surface area (Å²) in [5.74, 6) is -1.89. The van der Waals surface area contributed by atoms with E-state index in [-0.39, 0.29) is 16.9 Å². The van der Waals surface area contributed by atoms with Gasteiger partial charge in [0.2, 0.25) is 0 Å². The van der Waals surface area contributed by atoms with E-state index in [1.165, 1.54) is 12.1 Å². The Labute approximate surface area is 109 Å². The number of carboxylic acids is 1. The van der Waals surface area contributed by atoms with Crippen LogP contribution in [0.5, 0.6) is 11.5 Å². The molecule has 0 heterocycles. The third-order valence-corrected chi connectivity index (χ3v) is 2.60. The topological polar surface area (TPSA) is 77.8 Å². The minimum absolute atomic E-state index is 0.185. The van der Waals surface area contributed by atoms with E-state index in [2.05, 4.69) is 0 Å². The first-order chi connectivity index (χ1) is 9.08. The van der Waals surface area contributed by atoms with Crippen LogP contribution in [0.1, 0.15) is 21.5 Å². The van der Waals surface area contributed by atoms with Crippen LogP contribution >= 0.6 is 0 Å². The fraction of sp³-hybridized carbons (Fsp3) is 0. The molecule has 0 aliphatic rings. The normalized spacial score (nSPS) is 10.7. The van der Waals surface area contributed by atoms with Crippen molar-refractivity contribution < 1.29 is 20.1 Å². The van der Waals surface area contributed by atoms with E-state index in [1.54, 1.807) is 6.08 Å². The molecular formula is C15H12O4. The van der Waals surface area contributed by atoms with Crippen LogP contribution in [0, 0.1) is 0 Å². The summed E-state index contributed by atoms with van der Waals surface area (Å²) in [6.45, 7) is 0. The Morgan fingerprint density at radius 2 is 1.68 bits per heavy atom. The summed E-state index contributed by atoms with van der Waals surface area (Å²) in [5.41, 5.74) is 0.903. The molecular weight excluding hydrogens is 244 g/mol. The van der Waals surface area contributed by atoms with Crippen LogP contribution in [0.15, 0.2) is 42.5 Å². The van der Waals surface area contributed by atoms with E-state index >= 15 is 0 Å². The van der Waals surface area contributed by atoms with E-state index in [0.717, 1.165) is 11.6 Å². The smallest absolute Gasteiger partial charge is 0.340 e. The molecule has 0 aliphatic carbocycles. The van der Waals surface area contributed by atoms with Gasteiger partial charge >= 0.3 is 5.97 Å². The van der Waals surface area contributed by atoms with Crippen molar-refractivity contribution in [3.63, 3.8) is 0 Å². The maximum atomic E-state index is 11.1. The van der Waals surface area contributed by atoms with Crippen LogP contribution in [0.3, 0.4) is 0 Å². The van der Waals surface area contributed by atoms with Gasteiger partial charge in [0.1, 0.15) is 17.1 Å². The summed E-state index contributed by atoms with van der Waals surface area (Å²) in [6, 6.07) is 11.6. The number of phenolic OH excluding ortho intramolecular Hbond substituents is 1. The predicted octanol–water partition coefficient (Wildman–Crippen LogP) is 2.97. The summed E-state index contributed by atoms with van der Waals surface area (Å²) in [7, 11) is 0. The van der Waals surface area contributed by atoms with Crippen LogP contribution in [0.2, 0.25) is 0 Å². The second-order valence-corrected chi connectivity index (χ2v) is 3.98. The number of aromatic hydroxyl groups is 2. The molecule has 0 saturated heterocycles. The zero-order valence-electron chi connectivity index (χ0n) is 9.95. The minimum Gasteiger partial charge on any atom is -0.508 e. The lowest BCUT2D eigenvalue weighted by molar-refractivity contribution is 0.0693. The number of rotatable bonds is 3. The largest absolute Gasteiger partial charge is 0.508 e. The third kappa shape index (κ3) is 2.93. The molecule has 19 heavy (non-hydrogen) atoms. The van der Waals surface area contributed by atoms with Gasteiger partial charge < -0.3 is 15.3 Å². The van der Waals surface area contributed by atoms with E-state index < -0.39 is 11.7 Å². The highest BCUT2D eigenvalue weighted by Gasteiger charge is 2.15. The van der Waals surface area contributed by atoms with Gasteiger partial charge in [-0.15, -0.1) is 0 Å². The van der Waals surface area contributed by atoms with Crippen molar-refractivity contribution in [2.75, 3.05) is 0 Å². The number of hydrogen-bond donors (Lipinski definition) is 3. The zero-order valence-corrected chi connectivity index (χ0v) is 9.95. The fourth-order valence-electron chi connectivity index (χ4n) is 1.75. The summed E-state index contributed by atoms with van der Waals surface area (Å²) in [5, 5.41) is 28.0. The van der Waals surface area contributed by atoms with Gasteiger partial charge in [-0.3, -0.25) is 0 Å². The van der Waals surface area contributed by atoms with Gasteiger partial charge in [0.15, 0.2) is 0 Å². The number of aromatic carboxylic acids is 1. The molecule has 0 atom stereocenters. The lowest BCUT2D eigenvalue weighted by Crippen LogP contribution is -2.00. The highest BCUT2D eigenvalue weighted by molar-refractivity contribution is 5.96. The van der Waals surface area contributed by atoms with Crippen molar-refractivity contribution in [3.8, 4) is 11.5 Å². The molecule has 0 radical (unpaired) electrons. The van der Waals surface area contributed by atoms with Gasteiger partial charge in [0.25, 0.3) is 0 Å². The molecule has 0 fully saturated rings. The van der Waals surface area contributed by atoms with Crippen molar-refractivity contribution in [1.29, 1.82) is 0 Å². The number of phenols is 2. The van der Waals surface area contributed by atoms with E-state index in [0.29, 0.717) is 0 Å². The highest BCUT2D eigenvalue weighted by atomic mass is 16.4. The monoisotopic (exact) mass is 256 g/mol. The second-order valence-electron chi connectivity index (χ2n) is 3.98. The summed E-state index contributed by atoms with van der Waals surface area (Å²) in [6.07, 6.45) is 3.25. The Bertz CT molecular complexity index is 630. The summed E-state index contributed by atoms with van der Waals surface area (Å²) < 4.78 is 0. The molecule has 2 aromatic carbocycles. The van der Waals surface area contributed by atoms with Gasteiger partial charge in [-0.05, 0) is 17.2 Å². The maximum Gasteiger partial charge on any atom is 0.340 e. The number of benzene rings is 2. The first-order valence-electron chi connectivity index (χ1n) is 5.60. The SMILES string of the molecule is O=C(O)c1c(O)cc(O)cc1C=Cc1ccccc1. The van der Waals surface area contributed by atoms with E-state index in [1.807, 2.05) is 30.3 Å². The molecule has 0 saturated carbocycles. The maximum absolute atomic E-state index is 11.1. The first-order valence-corrected chi connectivity index (χ1v) is 5.60. The van der Waals surface area contributed by atoms with Gasteiger partial charge in [-0.25, -0.2) is 4.79 Å². The molecule has 96 valence electrons. The molecule has 2 aromatic rings. The van der Waals surface area contributed by atoms with Crippen LogP contribution in [-0.2, 0) is 0 Å². The molecule has 0 spiro atoms. The van der Waals surface area contributed by atoms with Crippen molar-refractivity contribution >= 4 is 18.1 Å². The highest BCUT2D eigenvalue weighted by Crippen LogP contribution is 2.28. The van der Waals surface area contributed by atoms with Gasteiger partial charge in [0, 0.05) is 6.07 Å². The molecule has 0 amide bonds. The Morgan fingerprint density at radius 3 is 2.32 bits per heavy atom. The van der Waals surface area contributed by atoms with Crippen molar-refractivity contribution in [1.82, 2.24) is 0 Å². The zero-order chi connectivity index (χ0) is 13.8. The predicted molar refractivity (Wildman–Crippen MR) is 72.1 cm³/mol. The minimum atomic E-state index is -1.25. The van der Waals surface area contributed by atoms with Crippen LogP contribution < -0.4 is 0 Å². The Kier molecular flexibility index (Phi) is 3.52. The number of carboxylic acid groups (broad SMARTS) is 1. The molecule has 2 rings (SSSR count). The number of carbonyl (C=O) groups is 1. The molecule has 4 heteroatoms. The fourth-order valence-corrected chi connectivity index (χ4v) is 1.75. The lowest BCUT2D eigenvalue weighted by Gasteiger charge is -2.05. The Hall–Kier alpha value is -2.75. The third-order valence-electron chi connectivity index (χ3n) is 2.60. The molecule has 3 N–H and O–H groups in total. The average Bonchev–Trinajstić information content (AvgIpc) is 2.36. The molecule has 0 bridgehead atoms. The Morgan fingerprint density at radius 1 is 1.00 bits per heavy atom. The number of hydrogen-bond acceptors (Lipinski definition) is 3. The molecule has 0 unspecified atom stereocenters. The van der Waals surface area contributed by atoms with Gasteiger partial charge in [-0.2, -0.15) is 0 Å². The average molecular weight is 256 g/mol. The van der Waals surface area contributed by atoms with Crippen LogP contribution in [-0.4, -0.2) is 21.3 Å². The molecule has 0 aliphatic heterocycles. The molecule has 4 nitrogen and oxygen atoms in total. The van der Waals surface area contributed by atoms with E-state index in [4.69, 9.17) is 5.11 Å². The molecule has 0 aromatic heterocycles. The standard InChI is InChI=1S/C15H12O4/c16-12-8-11(14(15(18)19)13(17)9-12)7-6-10-4-2-1-3-5-10/h1-9,16-17H,(H,18,19). The van der Waals surface area contributed by atoms with Crippen LogP contribution in [0.25, 0.3) is 12.2 Å². The van der Waals surface area contributed by atoms with Crippen molar-refractivity contribution in [3.05, 3.63) is 59.2 Å². The second kappa shape index (κ2) is 5.27. The van der Waals surface area contributed by atoms with Gasteiger partial charge in [-0.1, -0.05) is 42.5 Å². The van der Waals surface area contributed by atoms with Crippen molar-refractivity contribution in [2.24, 2.45) is 0 Å². The lowest BCUT2D eigenvalue weighted by atomic mass is 10.0. The summed E-state index contributed by atoms with van der Waals surface area (Å²) in [4.78, 5) is 11.1. The van der Waals surface area contributed by atoms with E-state index in [9.17, 15) is 15.0 Å². The van der Waals surface area contributed by atoms with Gasteiger partial charge in [0.05, 0.1) is 0 Å². The van der Waals surface area contributed by atoms with Crippen LogP contribution in [0.4, 0.5) is 0 Å².